The summed E-state index contributed by atoms with van der Waals surface area (Å²) in [4.78, 5) is 0. The van der Waals surface area contributed by atoms with Crippen LogP contribution in [-0.4, -0.2) is 18.5 Å². The molecule has 0 heterocycles. The molecule has 0 radical (unpaired) electrons. The lowest BCUT2D eigenvalue weighted by Crippen LogP contribution is -2.21. The van der Waals surface area contributed by atoms with Gasteiger partial charge in [-0.2, -0.15) is 21.6 Å². The summed E-state index contributed by atoms with van der Waals surface area (Å²) >= 11 is 0. The van der Waals surface area contributed by atoms with E-state index in [0.29, 0.717) is 0 Å². The van der Waals surface area contributed by atoms with E-state index in [4.69, 9.17) is 13.0 Å². The minimum atomic E-state index is -5.84. The molecular weight excluding hydrogens is 545 g/mol. The van der Waals surface area contributed by atoms with E-state index >= 15 is 0 Å². The van der Waals surface area contributed by atoms with Crippen molar-refractivity contribution in [2.75, 3.05) is 0 Å². The zero-order chi connectivity index (χ0) is 30.4. The Morgan fingerprint density at radius 3 is 1.51 bits per heavy atom. The van der Waals surface area contributed by atoms with Crippen molar-refractivity contribution in [1.29, 1.82) is 0 Å². The monoisotopic (exact) mass is 580 g/mol. The Morgan fingerprint density at radius 1 is 0.610 bits per heavy atom. The van der Waals surface area contributed by atoms with E-state index in [0.717, 1.165) is 6.42 Å². The first-order chi connectivity index (χ1) is 18.9. The van der Waals surface area contributed by atoms with Crippen LogP contribution in [-0.2, 0) is 27.4 Å². The SMILES string of the molecule is CC(C)(C)c1ccc(-c2ccc3c(c2-c2ccc(C(C)(C)C)cc2)Cc2ccccc2-3)cc1.O=S(=O)(O)C(F)(F)F. The summed E-state index contributed by atoms with van der Waals surface area (Å²) in [6.07, 6.45) is 0.996. The van der Waals surface area contributed by atoms with Gasteiger partial charge in [-0.3, -0.25) is 4.55 Å². The molecule has 0 atom stereocenters. The molecule has 0 unspecified atom stereocenters. The van der Waals surface area contributed by atoms with E-state index in [1.54, 1.807) is 0 Å². The Bertz CT molecular complexity index is 1660. The maximum atomic E-state index is 10.7. The molecule has 1 N–H and O–H groups in total. The van der Waals surface area contributed by atoms with Crippen molar-refractivity contribution >= 4 is 10.1 Å². The summed E-state index contributed by atoms with van der Waals surface area (Å²) in [7, 11) is -5.84. The molecule has 0 aromatic heterocycles. The van der Waals surface area contributed by atoms with Crippen molar-refractivity contribution in [1.82, 2.24) is 0 Å². The van der Waals surface area contributed by atoms with E-state index in [9.17, 15) is 13.2 Å². The molecule has 0 saturated heterocycles. The van der Waals surface area contributed by atoms with Crippen LogP contribution in [0.2, 0.25) is 0 Å². The van der Waals surface area contributed by atoms with Crippen LogP contribution in [0, 0.1) is 0 Å². The minimum Gasteiger partial charge on any atom is -0.279 e. The summed E-state index contributed by atoms with van der Waals surface area (Å²) in [5, 5.41) is 0. The van der Waals surface area contributed by atoms with Crippen LogP contribution in [0.15, 0.2) is 84.9 Å². The lowest BCUT2D eigenvalue weighted by atomic mass is 9.83. The lowest BCUT2D eigenvalue weighted by molar-refractivity contribution is -0.0510. The number of hydrogen-bond donors (Lipinski definition) is 1. The predicted octanol–water partition coefficient (Wildman–Crippen LogP) is 9.58. The van der Waals surface area contributed by atoms with Gasteiger partial charge in [-0.25, -0.2) is 0 Å². The van der Waals surface area contributed by atoms with Crippen LogP contribution >= 0.6 is 0 Å². The average Bonchev–Trinajstić information content (AvgIpc) is 3.25. The Labute approximate surface area is 240 Å². The van der Waals surface area contributed by atoms with Gasteiger partial charge in [0.2, 0.25) is 0 Å². The van der Waals surface area contributed by atoms with Crippen LogP contribution in [0.3, 0.4) is 0 Å². The average molecular weight is 581 g/mol. The van der Waals surface area contributed by atoms with Gasteiger partial charge in [-0.15, -0.1) is 0 Å². The highest BCUT2D eigenvalue weighted by Crippen LogP contribution is 2.46. The molecule has 41 heavy (non-hydrogen) atoms. The largest absolute Gasteiger partial charge is 0.522 e. The smallest absolute Gasteiger partial charge is 0.279 e. The quantitative estimate of drug-likeness (QED) is 0.167. The lowest BCUT2D eigenvalue weighted by Gasteiger charge is -2.22. The zero-order valence-electron chi connectivity index (χ0n) is 24.1. The molecule has 4 aromatic rings. The van der Waals surface area contributed by atoms with Gasteiger partial charge in [0.15, 0.2) is 0 Å². The summed E-state index contributed by atoms with van der Waals surface area (Å²) in [6.45, 7) is 13.7. The molecule has 5 rings (SSSR count). The molecule has 0 spiro atoms. The number of fused-ring (bicyclic) bond motifs is 3. The van der Waals surface area contributed by atoms with Gasteiger partial charge >= 0.3 is 15.6 Å². The highest BCUT2D eigenvalue weighted by Gasteiger charge is 2.44. The van der Waals surface area contributed by atoms with E-state index in [1.165, 1.54) is 55.6 Å². The van der Waals surface area contributed by atoms with Gasteiger partial charge in [0.25, 0.3) is 0 Å². The molecule has 0 bridgehead atoms. The Balaban J connectivity index is 0.000000426. The maximum absolute atomic E-state index is 10.7. The van der Waals surface area contributed by atoms with Gasteiger partial charge in [-0.05, 0) is 72.9 Å². The molecule has 7 heteroatoms. The van der Waals surface area contributed by atoms with Crippen molar-refractivity contribution in [3.63, 3.8) is 0 Å². The maximum Gasteiger partial charge on any atom is 0.522 e. The number of hydrogen-bond acceptors (Lipinski definition) is 2. The van der Waals surface area contributed by atoms with Crippen LogP contribution in [0.4, 0.5) is 13.2 Å². The first kappa shape index (κ1) is 30.5. The zero-order valence-corrected chi connectivity index (χ0v) is 24.9. The molecule has 0 saturated carbocycles. The Kier molecular flexibility index (Phi) is 8.02. The molecule has 3 nitrogen and oxygen atoms in total. The van der Waals surface area contributed by atoms with Gasteiger partial charge in [0.1, 0.15) is 0 Å². The van der Waals surface area contributed by atoms with E-state index in [1.807, 2.05) is 0 Å². The van der Waals surface area contributed by atoms with Crippen LogP contribution < -0.4 is 0 Å². The summed E-state index contributed by atoms with van der Waals surface area (Å²) in [5.74, 6) is 0. The van der Waals surface area contributed by atoms with Crippen molar-refractivity contribution in [3.8, 4) is 33.4 Å². The van der Waals surface area contributed by atoms with Crippen molar-refractivity contribution in [2.45, 2.75) is 64.3 Å². The topological polar surface area (TPSA) is 54.4 Å². The molecule has 1 aliphatic carbocycles. The number of alkyl halides is 3. The van der Waals surface area contributed by atoms with E-state index < -0.39 is 15.6 Å². The first-order valence-electron chi connectivity index (χ1n) is 13.4. The Hall–Kier alpha value is -3.42. The second-order valence-corrected chi connectivity index (χ2v) is 13.8. The van der Waals surface area contributed by atoms with Crippen molar-refractivity contribution in [2.24, 2.45) is 0 Å². The summed E-state index contributed by atoms with van der Waals surface area (Å²) < 4.78 is 57.5. The molecule has 0 amide bonds. The fourth-order valence-electron chi connectivity index (χ4n) is 5.07. The van der Waals surface area contributed by atoms with Gasteiger partial charge in [-0.1, -0.05) is 126 Å². The van der Waals surface area contributed by atoms with Gasteiger partial charge in [0.05, 0.1) is 0 Å². The van der Waals surface area contributed by atoms with E-state index in [-0.39, 0.29) is 10.8 Å². The van der Waals surface area contributed by atoms with Crippen molar-refractivity contribution < 1.29 is 26.1 Å². The highest BCUT2D eigenvalue weighted by atomic mass is 32.2. The highest BCUT2D eigenvalue weighted by molar-refractivity contribution is 7.86. The molecule has 0 fully saturated rings. The molecule has 0 aliphatic heterocycles. The molecule has 216 valence electrons. The van der Waals surface area contributed by atoms with Crippen LogP contribution in [0.25, 0.3) is 33.4 Å². The fourth-order valence-corrected chi connectivity index (χ4v) is 5.07. The number of halogens is 3. The van der Waals surface area contributed by atoms with E-state index in [2.05, 4.69) is 126 Å². The molecule has 1 aliphatic rings. The molecular formula is C34H35F3O3S. The third kappa shape index (κ3) is 6.57. The third-order valence-electron chi connectivity index (χ3n) is 7.38. The summed E-state index contributed by atoms with van der Waals surface area (Å²) in [5.41, 5.74) is 8.48. The third-order valence-corrected chi connectivity index (χ3v) is 7.97. The standard InChI is InChI=1S/C33H34.CHF3O3S/c1-32(2,3)25-15-11-22(12-16-25)28-19-20-29-27-10-8-7-9-24(27)21-30(29)31(28)23-13-17-26(18-14-23)33(4,5)6;2-1(3,4)8(5,6)7/h7-20H,21H2,1-6H3;(H,5,6,7). The Morgan fingerprint density at radius 2 is 1.05 bits per heavy atom. The second-order valence-electron chi connectivity index (χ2n) is 12.4. The normalized spacial score (nSPS) is 13.2. The first-order valence-corrected chi connectivity index (χ1v) is 14.8. The van der Waals surface area contributed by atoms with Crippen molar-refractivity contribution in [3.05, 3.63) is 107 Å². The minimum absolute atomic E-state index is 0.152. The predicted molar refractivity (Wildman–Crippen MR) is 161 cm³/mol. The molecule has 4 aromatic carbocycles. The van der Waals surface area contributed by atoms with Gasteiger partial charge < -0.3 is 0 Å². The number of rotatable bonds is 2. The number of benzene rings is 4. The van der Waals surface area contributed by atoms with Crippen LogP contribution in [0.5, 0.6) is 0 Å². The summed E-state index contributed by atoms with van der Waals surface area (Å²) in [6, 6.07) is 32.0. The van der Waals surface area contributed by atoms with Gasteiger partial charge in [0, 0.05) is 0 Å². The van der Waals surface area contributed by atoms with Crippen LogP contribution in [0.1, 0.15) is 63.8 Å². The second kappa shape index (κ2) is 10.8. The fraction of sp³-hybridized carbons (Fsp3) is 0.294.